The van der Waals surface area contributed by atoms with Crippen molar-refractivity contribution in [1.29, 1.82) is 0 Å². The number of carbonyl (C=O) groups is 1. The maximum Gasteiger partial charge on any atom is 0.243 e. The molecule has 8 nitrogen and oxygen atoms in total. The van der Waals surface area contributed by atoms with Gasteiger partial charge in [0.1, 0.15) is 0 Å². The molecule has 1 aromatic heterocycles. The first-order chi connectivity index (χ1) is 14.8. The van der Waals surface area contributed by atoms with E-state index >= 15 is 0 Å². The number of nitrogens with zero attached hydrogens (tertiary/aromatic N) is 4. The minimum absolute atomic E-state index is 0.0347. The summed E-state index contributed by atoms with van der Waals surface area (Å²) in [6, 6.07) is 7.15. The molecule has 2 aliphatic heterocycles. The van der Waals surface area contributed by atoms with Crippen molar-refractivity contribution in [2.75, 3.05) is 59.4 Å². The molecule has 2 saturated heterocycles. The number of sulfonamides is 1. The second-order valence-electron chi connectivity index (χ2n) is 8.79. The zero-order valence-electron chi connectivity index (χ0n) is 18.5. The van der Waals surface area contributed by atoms with E-state index in [-0.39, 0.29) is 18.4 Å². The van der Waals surface area contributed by atoms with Crippen molar-refractivity contribution in [3.05, 3.63) is 30.5 Å². The summed E-state index contributed by atoms with van der Waals surface area (Å²) in [4.78, 5) is 17.7. The number of likely N-dealkylation sites (N-methyl/N-ethyl adjacent to an activating group) is 1. The molecular weight excluding hydrogens is 414 g/mol. The molecular formula is C22H33N5O3S. The summed E-state index contributed by atoms with van der Waals surface area (Å²) in [5.41, 5.74) is 0.996. The standard InChI is InChI=1S/C22H33N5O3S/c1-24-12-14-26(15-13-24)11-8-23-22(28)19-4-3-9-27(17-19)31(29,30)20-5-6-21-18(16-20)7-10-25(21)2/h5-7,10,16,19H,3-4,8-9,11-15,17H2,1-2H3,(H,23,28)/t19-/m0/s1. The van der Waals surface area contributed by atoms with Gasteiger partial charge < -0.3 is 14.8 Å². The van der Waals surface area contributed by atoms with Crippen LogP contribution in [0.5, 0.6) is 0 Å². The second kappa shape index (κ2) is 9.28. The Morgan fingerprint density at radius 1 is 1.10 bits per heavy atom. The van der Waals surface area contributed by atoms with Crippen molar-refractivity contribution in [2.45, 2.75) is 17.7 Å². The van der Waals surface area contributed by atoms with Gasteiger partial charge in [-0.25, -0.2) is 8.42 Å². The molecule has 0 saturated carbocycles. The van der Waals surface area contributed by atoms with Crippen LogP contribution in [-0.2, 0) is 21.9 Å². The molecule has 0 spiro atoms. The SMILES string of the molecule is CN1CCN(CCNC(=O)[C@H]2CCCN(S(=O)(=O)c3ccc4c(ccn4C)c3)C2)CC1. The van der Waals surface area contributed by atoms with Crippen molar-refractivity contribution in [1.82, 2.24) is 24.0 Å². The summed E-state index contributed by atoms with van der Waals surface area (Å²) in [6.45, 7) is 6.30. The lowest BCUT2D eigenvalue weighted by atomic mass is 9.99. The van der Waals surface area contributed by atoms with Crippen LogP contribution in [0.2, 0.25) is 0 Å². The molecule has 1 N–H and O–H groups in total. The maximum atomic E-state index is 13.2. The minimum Gasteiger partial charge on any atom is -0.355 e. The van der Waals surface area contributed by atoms with Gasteiger partial charge in [-0.1, -0.05) is 0 Å². The molecule has 1 amide bonds. The number of carbonyl (C=O) groups excluding carboxylic acids is 1. The first-order valence-electron chi connectivity index (χ1n) is 11.1. The van der Waals surface area contributed by atoms with E-state index in [4.69, 9.17) is 0 Å². The van der Waals surface area contributed by atoms with Gasteiger partial charge in [0.2, 0.25) is 15.9 Å². The first-order valence-corrected chi connectivity index (χ1v) is 12.5. The molecule has 2 aromatic rings. The maximum absolute atomic E-state index is 13.2. The fourth-order valence-corrected chi connectivity index (χ4v) is 6.06. The highest BCUT2D eigenvalue weighted by atomic mass is 32.2. The highest BCUT2D eigenvalue weighted by molar-refractivity contribution is 7.89. The largest absolute Gasteiger partial charge is 0.355 e. The molecule has 1 atom stereocenters. The van der Waals surface area contributed by atoms with Gasteiger partial charge in [-0.3, -0.25) is 9.69 Å². The lowest BCUT2D eigenvalue weighted by Gasteiger charge is -2.33. The van der Waals surface area contributed by atoms with E-state index < -0.39 is 10.0 Å². The average Bonchev–Trinajstić information content (AvgIpc) is 3.15. The third kappa shape index (κ3) is 4.95. The Balaban J connectivity index is 1.35. The van der Waals surface area contributed by atoms with E-state index in [0.717, 1.165) is 50.0 Å². The number of hydrogen-bond donors (Lipinski definition) is 1. The van der Waals surface area contributed by atoms with Gasteiger partial charge in [-0.15, -0.1) is 0 Å². The first kappa shape index (κ1) is 22.3. The summed E-state index contributed by atoms with van der Waals surface area (Å²) in [5.74, 6) is -0.330. The molecule has 0 unspecified atom stereocenters. The predicted molar refractivity (Wildman–Crippen MR) is 121 cm³/mol. The Labute approximate surface area is 184 Å². The van der Waals surface area contributed by atoms with Crippen molar-refractivity contribution in [3.8, 4) is 0 Å². The smallest absolute Gasteiger partial charge is 0.243 e. The summed E-state index contributed by atoms with van der Waals surface area (Å²) >= 11 is 0. The highest BCUT2D eigenvalue weighted by Crippen LogP contribution is 2.26. The van der Waals surface area contributed by atoms with Crippen molar-refractivity contribution in [3.63, 3.8) is 0 Å². The normalized spacial score (nSPS) is 22.1. The van der Waals surface area contributed by atoms with Crippen LogP contribution >= 0.6 is 0 Å². The molecule has 0 aliphatic carbocycles. The molecule has 1 aromatic carbocycles. The van der Waals surface area contributed by atoms with Crippen molar-refractivity contribution in [2.24, 2.45) is 13.0 Å². The zero-order chi connectivity index (χ0) is 22.0. The number of nitrogens with one attached hydrogen (secondary N) is 1. The zero-order valence-corrected chi connectivity index (χ0v) is 19.3. The van der Waals surface area contributed by atoms with Crippen LogP contribution < -0.4 is 5.32 Å². The monoisotopic (exact) mass is 447 g/mol. The second-order valence-corrected chi connectivity index (χ2v) is 10.7. The van der Waals surface area contributed by atoms with Crippen LogP contribution in [-0.4, -0.2) is 92.4 Å². The molecule has 2 aliphatic rings. The number of fused-ring (bicyclic) bond motifs is 1. The summed E-state index contributed by atoms with van der Waals surface area (Å²) < 4.78 is 29.9. The molecule has 9 heteroatoms. The highest BCUT2D eigenvalue weighted by Gasteiger charge is 2.33. The van der Waals surface area contributed by atoms with Gasteiger partial charge in [0.15, 0.2) is 0 Å². The van der Waals surface area contributed by atoms with Crippen molar-refractivity contribution >= 4 is 26.8 Å². The number of aromatic nitrogens is 1. The van der Waals surface area contributed by atoms with Crippen LogP contribution in [0.1, 0.15) is 12.8 Å². The Hall–Kier alpha value is -1.94. The Bertz CT molecular complexity index is 1030. The molecule has 2 fully saturated rings. The third-order valence-corrected chi connectivity index (χ3v) is 8.43. The van der Waals surface area contributed by atoms with Crippen LogP contribution in [0.15, 0.2) is 35.4 Å². The lowest BCUT2D eigenvalue weighted by Crippen LogP contribution is -2.49. The quantitative estimate of drug-likeness (QED) is 0.713. The van der Waals surface area contributed by atoms with E-state index in [1.165, 1.54) is 4.31 Å². The molecule has 170 valence electrons. The fourth-order valence-electron chi connectivity index (χ4n) is 4.50. The van der Waals surface area contributed by atoms with Gasteiger partial charge in [0.05, 0.1) is 10.8 Å². The number of piperazine rings is 1. The minimum atomic E-state index is -3.62. The third-order valence-electron chi connectivity index (χ3n) is 6.57. The molecule has 0 bridgehead atoms. The fraction of sp³-hybridized carbons (Fsp3) is 0.591. The van der Waals surface area contributed by atoms with E-state index in [1.54, 1.807) is 12.1 Å². The van der Waals surface area contributed by atoms with Gasteiger partial charge in [0.25, 0.3) is 0 Å². The molecule has 0 radical (unpaired) electrons. The summed E-state index contributed by atoms with van der Waals surface area (Å²) in [5, 5.41) is 3.93. The van der Waals surface area contributed by atoms with Gasteiger partial charge in [-0.2, -0.15) is 4.31 Å². The van der Waals surface area contributed by atoms with E-state index in [2.05, 4.69) is 22.2 Å². The molecule has 31 heavy (non-hydrogen) atoms. The topological polar surface area (TPSA) is 77.9 Å². The molecule has 4 rings (SSSR count). The van der Waals surface area contributed by atoms with Crippen LogP contribution in [0, 0.1) is 5.92 Å². The van der Waals surface area contributed by atoms with Gasteiger partial charge >= 0.3 is 0 Å². The number of piperidine rings is 1. The number of rotatable bonds is 6. The van der Waals surface area contributed by atoms with Crippen LogP contribution in [0.25, 0.3) is 10.9 Å². The summed E-state index contributed by atoms with van der Waals surface area (Å²) in [7, 11) is 0.441. The van der Waals surface area contributed by atoms with Gasteiger partial charge in [-0.05, 0) is 44.2 Å². The van der Waals surface area contributed by atoms with E-state index in [1.807, 2.05) is 29.9 Å². The average molecular weight is 448 g/mol. The number of hydrogen-bond acceptors (Lipinski definition) is 5. The van der Waals surface area contributed by atoms with E-state index in [0.29, 0.717) is 24.4 Å². The predicted octanol–water partition coefficient (Wildman–Crippen LogP) is 0.943. The lowest BCUT2D eigenvalue weighted by molar-refractivity contribution is -0.126. The molecule has 3 heterocycles. The number of benzene rings is 1. The van der Waals surface area contributed by atoms with Gasteiger partial charge in [0, 0.05) is 76.5 Å². The Morgan fingerprint density at radius 2 is 1.87 bits per heavy atom. The van der Waals surface area contributed by atoms with Crippen molar-refractivity contribution < 1.29 is 13.2 Å². The Morgan fingerprint density at radius 3 is 2.65 bits per heavy atom. The van der Waals surface area contributed by atoms with E-state index in [9.17, 15) is 13.2 Å². The summed E-state index contributed by atoms with van der Waals surface area (Å²) in [6.07, 6.45) is 3.35. The van der Waals surface area contributed by atoms with Crippen LogP contribution in [0.4, 0.5) is 0 Å². The van der Waals surface area contributed by atoms with Crippen LogP contribution in [0.3, 0.4) is 0 Å². The number of aryl methyl sites for hydroxylation is 1. The number of amides is 1. The Kier molecular flexibility index (Phi) is 6.66.